The first kappa shape index (κ1) is 22.8. The number of halogens is 2. The van der Waals surface area contributed by atoms with Crippen LogP contribution in [0.4, 0.5) is 0 Å². The summed E-state index contributed by atoms with van der Waals surface area (Å²) in [5.41, 5.74) is 6.96. The Morgan fingerprint density at radius 1 is 1.06 bits per heavy atom. The number of carbonyl (C=O) groups is 2. The van der Waals surface area contributed by atoms with E-state index in [1.807, 2.05) is 38.1 Å². The zero-order valence-electron chi connectivity index (χ0n) is 17.2. The van der Waals surface area contributed by atoms with Crippen LogP contribution in [0, 0.1) is 0 Å². The molecular formula is C23H23Cl2N3O3. The second kappa shape index (κ2) is 10.5. The van der Waals surface area contributed by atoms with Crippen LogP contribution >= 0.6 is 23.2 Å². The molecule has 31 heavy (non-hydrogen) atoms. The summed E-state index contributed by atoms with van der Waals surface area (Å²) >= 11 is 11.9. The van der Waals surface area contributed by atoms with Gasteiger partial charge in [0, 0.05) is 22.5 Å². The van der Waals surface area contributed by atoms with Gasteiger partial charge in [0.2, 0.25) is 5.91 Å². The molecule has 0 aliphatic heterocycles. The number of amides is 2. The van der Waals surface area contributed by atoms with E-state index in [9.17, 15) is 9.59 Å². The number of pyridine rings is 1. The molecule has 0 aliphatic rings. The summed E-state index contributed by atoms with van der Waals surface area (Å²) in [6, 6.07) is 14.1. The largest absolute Gasteiger partial charge is 0.492 e. The molecule has 3 aromatic rings. The molecule has 162 valence electrons. The number of fused-ring (bicyclic) bond motifs is 1. The Hall–Kier alpha value is -2.83. The fourth-order valence-corrected chi connectivity index (χ4v) is 3.41. The van der Waals surface area contributed by atoms with Crippen LogP contribution in [-0.2, 0) is 4.79 Å². The molecule has 0 aliphatic carbocycles. The van der Waals surface area contributed by atoms with Gasteiger partial charge in [0.25, 0.3) is 5.91 Å². The minimum absolute atomic E-state index is 0.167. The molecule has 0 fully saturated rings. The quantitative estimate of drug-likeness (QED) is 0.371. The number of hydrazine groups is 1. The minimum Gasteiger partial charge on any atom is -0.492 e. The first-order chi connectivity index (χ1) is 14.8. The van der Waals surface area contributed by atoms with Crippen molar-refractivity contribution in [1.29, 1.82) is 0 Å². The second-order valence-corrected chi connectivity index (χ2v) is 8.14. The topological polar surface area (TPSA) is 80.3 Å². The van der Waals surface area contributed by atoms with E-state index in [1.54, 1.807) is 24.3 Å². The van der Waals surface area contributed by atoms with Gasteiger partial charge in [-0.15, -0.1) is 0 Å². The lowest BCUT2D eigenvalue weighted by molar-refractivity contribution is -0.122. The van der Waals surface area contributed by atoms with E-state index < -0.39 is 5.91 Å². The van der Waals surface area contributed by atoms with Crippen molar-refractivity contribution in [3.8, 4) is 5.75 Å². The Morgan fingerprint density at radius 3 is 2.58 bits per heavy atom. The number of para-hydroxylation sites is 1. The molecule has 0 bridgehead atoms. The van der Waals surface area contributed by atoms with Crippen LogP contribution in [0.2, 0.25) is 10.0 Å². The number of aromatic nitrogens is 1. The van der Waals surface area contributed by atoms with Crippen molar-refractivity contribution in [3.63, 3.8) is 0 Å². The summed E-state index contributed by atoms with van der Waals surface area (Å²) in [5, 5.41) is 1.66. The highest BCUT2D eigenvalue weighted by Gasteiger charge is 2.15. The number of hydrogen-bond acceptors (Lipinski definition) is 4. The van der Waals surface area contributed by atoms with Gasteiger partial charge in [-0.3, -0.25) is 25.4 Å². The Balaban J connectivity index is 1.53. The van der Waals surface area contributed by atoms with E-state index in [-0.39, 0.29) is 18.2 Å². The van der Waals surface area contributed by atoms with E-state index >= 15 is 0 Å². The third-order valence-corrected chi connectivity index (χ3v) is 5.12. The summed E-state index contributed by atoms with van der Waals surface area (Å²) in [7, 11) is 0. The van der Waals surface area contributed by atoms with Crippen LogP contribution in [0.1, 0.15) is 48.7 Å². The summed E-state index contributed by atoms with van der Waals surface area (Å²) < 4.78 is 5.56. The summed E-state index contributed by atoms with van der Waals surface area (Å²) in [6.07, 6.45) is 0.635. The number of ether oxygens (including phenoxy) is 1. The highest BCUT2D eigenvalue weighted by Crippen LogP contribution is 2.27. The number of carbonyl (C=O) groups excluding carboxylic acids is 2. The molecule has 1 heterocycles. The molecule has 2 aromatic carbocycles. The number of benzene rings is 2. The molecule has 0 unspecified atom stereocenters. The normalized spacial score (nSPS) is 10.9. The van der Waals surface area contributed by atoms with Crippen molar-refractivity contribution in [2.75, 3.05) is 6.61 Å². The van der Waals surface area contributed by atoms with Crippen molar-refractivity contribution in [2.24, 2.45) is 0 Å². The molecular weight excluding hydrogens is 437 g/mol. The predicted octanol–water partition coefficient (Wildman–Crippen LogP) is 5.29. The third kappa shape index (κ3) is 6.09. The minimum atomic E-state index is -0.391. The second-order valence-electron chi connectivity index (χ2n) is 7.30. The van der Waals surface area contributed by atoms with Crippen LogP contribution in [-0.4, -0.2) is 23.4 Å². The molecule has 3 rings (SSSR count). The van der Waals surface area contributed by atoms with E-state index in [4.69, 9.17) is 27.9 Å². The molecule has 0 radical (unpaired) electrons. The van der Waals surface area contributed by atoms with Crippen LogP contribution in [0.25, 0.3) is 10.9 Å². The number of nitrogens with one attached hydrogen (secondary N) is 2. The highest BCUT2D eigenvalue weighted by molar-refractivity contribution is 6.35. The fourth-order valence-electron chi connectivity index (χ4n) is 2.94. The molecule has 2 amide bonds. The predicted molar refractivity (Wildman–Crippen MR) is 123 cm³/mol. The van der Waals surface area contributed by atoms with Gasteiger partial charge in [-0.05, 0) is 42.7 Å². The maximum absolute atomic E-state index is 12.7. The molecule has 2 N–H and O–H groups in total. The van der Waals surface area contributed by atoms with Crippen LogP contribution in [0.15, 0.2) is 48.5 Å². The average Bonchev–Trinajstić information content (AvgIpc) is 2.75. The molecule has 0 atom stereocenters. The van der Waals surface area contributed by atoms with Gasteiger partial charge < -0.3 is 4.74 Å². The summed E-state index contributed by atoms with van der Waals surface area (Å²) in [6.45, 7) is 4.33. The fraction of sp³-hybridized carbons (Fsp3) is 0.261. The maximum Gasteiger partial charge on any atom is 0.270 e. The van der Waals surface area contributed by atoms with Gasteiger partial charge in [-0.1, -0.05) is 55.2 Å². The summed E-state index contributed by atoms with van der Waals surface area (Å²) in [5.74, 6) is -0.0372. The van der Waals surface area contributed by atoms with Crippen molar-refractivity contribution in [3.05, 3.63) is 69.8 Å². The molecule has 0 saturated carbocycles. The van der Waals surface area contributed by atoms with Gasteiger partial charge in [-0.25, -0.2) is 0 Å². The van der Waals surface area contributed by atoms with Crippen molar-refractivity contribution in [1.82, 2.24) is 15.8 Å². The maximum atomic E-state index is 12.7. The first-order valence-electron chi connectivity index (χ1n) is 9.92. The Morgan fingerprint density at radius 2 is 1.84 bits per heavy atom. The standard InChI is InChI=1S/C23H23Cl2N3O3/c1-14(2)20-13-17(16-6-3-4-7-19(16)26-20)23(30)28-27-22(29)8-5-11-31-21-10-9-15(24)12-18(21)25/h3-4,6-7,9-10,12-14H,5,8,11H2,1-2H3,(H,27,29)(H,28,30). The van der Waals surface area contributed by atoms with Gasteiger partial charge in [0.1, 0.15) is 5.75 Å². The average molecular weight is 460 g/mol. The van der Waals surface area contributed by atoms with E-state index in [1.165, 1.54) is 0 Å². The van der Waals surface area contributed by atoms with E-state index in [0.717, 1.165) is 16.6 Å². The monoisotopic (exact) mass is 459 g/mol. The lowest BCUT2D eigenvalue weighted by Gasteiger charge is -2.13. The SMILES string of the molecule is CC(C)c1cc(C(=O)NNC(=O)CCCOc2ccc(Cl)cc2Cl)c2ccccc2n1. The number of nitrogens with zero attached hydrogens (tertiary/aromatic N) is 1. The molecule has 8 heteroatoms. The first-order valence-corrected chi connectivity index (χ1v) is 10.7. The van der Waals surface area contributed by atoms with Gasteiger partial charge >= 0.3 is 0 Å². The van der Waals surface area contributed by atoms with Crippen molar-refractivity contribution in [2.45, 2.75) is 32.6 Å². The third-order valence-electron chi connectivity index (χ3n) is 4.59. The Bertz CT molecular complexity index is 1100. The number of rotatable bonds is 7. The highest BCUT2D eigenvalue weighted by atomic mass is 35.5. The van der Waals surface area contributed by atoms with Gasteiger partial charge in [0.05, 0.1) is 22.7 Å². The summed E-state index contributed by atoms with van der Waals surface area (Å²) in [4.78, 5) is 29.4. The van der Waals surface area contributed by atoms with Crippen molar-refractivity contribution < 1.29 is 14.3 Å². The number of hydrogen-bond donors (Lipinski definition) is 2. The lowest BCUT2D eigenvalue weighted by Crippen LogP contribution is -2.41. The Labute approximate surface area is 190 Å². The van der Waals surface area contributed by atoms with Gasteiger partial charge in [-0.2, -0.15) is 0 Å². The molecule has 6 nitrogen and oxygen atoms in total. The zero-order valence-corrected chi connectivity index (χ0v) is 18.8. The smallest absolute Gasteiger partial charge is 0.270 e. The lowest BCUT2D eigenvalue weighted by atomic mass is 10.0. The molecule has 1 aromatic heterocycles. The van der Waals surface area contributed by atoms with Crippen LogP contribution < -0.4 is 15.6 Å². The molecule has 0 spiro atoms. The zero-order chi connectivity index (χ0) is 22.4. The van der Waals surface area contributed by atoms with Crippen LogP contribution in [0.5, 0.6) is 5.75 Å². The van der Waals surface area contributed by atoms with Gasteiger partial charge in [0.15, 0.2) is 0 Å². The van der Waals surface area contributed by atoms with Crippen molar-refractivity contribution >= 4 is 45.9 Å². The molecule has 0 saturated heterocycles. The van der Waals surface area contributed by atoms with E-state index in [0.29, 0.717) is 34.4 Å². The van der Waals surface area contributed by atoms with E-state index in [2.05, 4.69) is 15.8 Å². The van der Waals surface area contributed by atoms with Crippen LogP contribution in [0.3, 0.4) is 0 Å². The Kier molecular flexibility index (Phi) is 7.71.